The highest BCUT2D eigenvalue weighted by molar-refractivity contribution is 7.86. The average molecular weight is 443 g/mol. The zero-order valence-corrected chi connectivity index (χ0v) is 18.6. The third kappa shape index (κ3) is 5.92. The largest absolute Gasteiger partial charge is 0.348 e. The lowest BCUT2D eigenvalue weighted by atomic mass is 10.1. The van der Waals surface area contributed by atoms with Crippen molar-refractivity contribution in [1.82, 2.24) is 18.8 Å². The van der Waals surface area contributed by atoms with Gasteiger partial charge in [0.05, 0.1) is 12.6 Å². The van der Waals surface area contributed by atoms with E-state index in [0.717, 1.165) is 31.2 Å². The van der Waals surface area contributed by atoms with Crippen LogP contribution in [0.3, 0.4) is 0 Å². The van der Waals surface area contributed by atoms with Gasteiger partial charge >= 0.3 is 0 Å². The van der Waals surface area contributed by atoms with E-state index in [1.54, 1.807) is 8.61 Å². The van der Waals surface area contributed by atoms with Crippen LogP contribution in [-0.4, -0.2) is 73.6 Å². The van der Waals surface area contributed by atoms with Crippen molar-refractivity contribution in [1.29, 1.82) is 0 Å². The highest BCUT2D eigenvalue weighted by Gasteiger charge is 2.32. The number of halogens is 1. The Labute approximate surface area is 179 Å². The summed E-state index contributed by atoms with van der Waals surface area (Å²) in [6, 6.07) is 7.29. The van der Waals surface area contributed by atoms with E-state index in [9.17, 15) is 13.2 Å². The van der Waals surface area contributed by atoms with Crippen molar-refractivity contribution in [3.63, 3.8) is 0 Å². The molecule has 2 fully saturated rings. The fourth-order valence-electron chi connectivity index (χ4n) is 3.95. The van der Waals surface area contributed by atoms with Gasteiger partial charge in [0, 0.05) is 44.3 Å². The number of amides is 1. The number of carbonyl (C=O) groups excluding carboxylic acids is 1. The van der Waals surface area contributed by atoms with E-state index in [1.807, 2.05) is 36.1 Å². The van der Waals surface area contributed by atoms with Crippen molar-refractivity contribution in [2.24, 2.45) is 0 Å². The molecule has 2 saturated heterocycles. The van der Waals surface area contributed by atoms with E-state index >= 15 is 0 Å². The number of benzene rings is 1. The van der Waals surface area contributed by atoms with Crippen LogP contribution in [0.4, 0.5) is 0 Å². The Morgan fingerprint density at radius 2 is 1.59 bits per heavy atom. The molecule has 2 aliphatic rings. The molecule has 0 aromatic heterocycles. The number of piperazine rings is 1. The summed E-state index contributed by atoms with van der Waals surface area (Å²) in [5.41, 5.74) is 0.885. The minimum absolute atomic E-state index is 0.0822. The summed E-state index contributed by atoms with van der Waals surface area (Å²) < 4.78 is 29.0. The van der Waals surface area contributed by atoms with Crippen molar-refractivity contribution < 1.29 is 13.2 Å². The number of rotatable bonds is 6. The Balaban J connectivity index is 1.48. The van der Waals surface area contributed by atoms with Crippen LogP contribution in [0.5, 0.6) is 0 Å². The second kappa shape index (κ2) is 10.2. The molecule has 0 spiro atoms. The van der Waals surface area contributed by atoms with E-state index in [1.165, 1.54) is 0 Å². The van der Waals surface area contributed by atoms with Gasteiger partial charge in [-0.3, -0.25) is 9.69 Å². The van der Waals surface area contributed by atoms with Crippen molar-refractivity contribution in [2.75, 3.05) is 45.8 Å². The van der Waals surface area contributed by atoms with Crippen molar-refractivity contribution >= 4 is 27.7 Å². The van der Waals surface area contributed by atoms with Gasteiger partial charge in [-0.15, -0.1) is 0 Å². The first-order chi connectivity index (χ1) is 13.9. The van der Waals surface area contributed by atoms with Crippen molar-refractivity contribution in [3.8, 4) is 0 Å². The average Bonchev–Trinajstić information content (AvgIpc) is 2.98. The molecule has 0 radical (unpaired) electrons. The molecule has 29 heavy (non-hydrogen) atoms. The zero-order chi connectivity index (χ0) is 20.9. The topological polar surface area (TPSA) is 73.0 Å². The van der Waals surface area contributed by atoms with E-state index < -0.39 is 10.2 Å². The quantitative estimate of drug-likeness (QED) is 0.733. The van der Waals surface area contributed by atoms with Crippen LogP contribution in [0.25, 0.3) is 0 Å². The molecule has 1 aromatic carbocycles. The summed E-state index contributed by atoms with van der Waals surface area (Å²) in [6.07, 6.45) is 4.06. The molecule has 1 atom stereocenters. The van der Waals surface area contributed by atoms with Crippen LogP contribution >= 0.6 is 11.6 Å². The first kappa shape index (κ1) is 22.5. The zero-order valence-electron chi connectivity index (χ0n) is 17.0. The van der Waals surface area contributed by atoms with Gasteiger partial charge in [0.2, 0.25) is 5.91 Å². The predicted octanol–water partition coefficient (Wildman–Crippen LogP) is 2.26. The molecule has 162 valence electrons. The maximum atomic E-state index is 12.9. The highest BCUT2D eigenvalue weighted by atomic mass is 35.5. The molecular formula is C20H31ClN4O3S. The maximum Gasteiger partial charge on any atom is 0.282 e. The number of hydrogen-bond donors (Lipinski definition) is 1. The monoisotopic (exact) mass is 442 g/mol. The lowest BCUT2D eigenvalue weighted by Gasteiger charge is -2.36. The number of nitrogens with one attached hydrogen (secondary N) is 1. The third-order valence-corrected chi connectivity index (χ3v) is 8.04. The first-order valence-corrected chi connectivity index (χ1v) is 12.2. The van der Waals surface area contributed by atoms with Crippen LogP contribution in [0.1, 0.15) is 44.2 Å². The molecule has 1 aromatic rings. The van der Waals surface area contributed by atoms with Crippen LogP contribution in [-0.2, 0) is 15.0 Å². The van der Waals surface area contributed by atoms with E-state index in [0.29, 0.717) is 44.3 Å². The Kier molecular flexibility index (Phi) is 7.92. The van der Waals surface area contributed by atoms with E-state index in [-0.39, 0.29) is 18.5 Å². The van der Waals surface area contributed by atoms with Gasteiger partial charge in [0.1, 0.15) is 0 Å². The standard InChI is InChI=1S/C20H31ClN4O3S/c1-17(18-8-4-5-9-19(18)21)22-20(26)16-23-12-14-25(15-13-23)29(27,28)24-10-6-2-3-7-11-24/h4-5,8-9,17H,2-3,6-7,10-16H2,1H3,(H,22,26). The van der Waals surface area contributed by atoms with Crippen LogP contribution in [0.15, 0.2) is 24.3 Å². The molecule has 3 rings (SSSR count). The fraction of sp³-hybridized carbons (Fsp3) is 0.650. The Morgan fingerprint density at radius 3 is 2.21 bits per heavy atom. The highest BCUT2D eigenvalue weighted by Crippen LogP contribution is 2.22. The van der Waals surface area contributed by atoms with E-state index in [4.69, 9.17) is 11.6 Å². The SMILES string of the molecule is CC(NC(=O)CN1CCN(S(=O)(=O)N2CCCCCC2)CC1)c1ccccc1Cl. The minimum Gasteiger partial charge on any atom is -0.348 e. The van der Waals surface area contributed by atoms with Gasteiger partial charge in [0.15, 0.2) is 0 Å². The number of carbonyl (C=O) groups is 1. The molecule has 2 aliphatic heterocycles. The third-order valence-electron chi connectivity index (χ3n) is 5.67. The molecule has 2 heterocycles. The second-order valence-electron chi connectivity index (χ2n) is 7.81. The fourth-order valence-corrected chi connectivity index (χ4v) is 5.92. The summed E-state index contributed by atoms with van der Waals surface area (Å²) in [5, 5.41) is 3.61. The molecule has 1 unspecified atom stereocenters. The van der Waals surface area contributed by atoms with E-state index in [2.05, 4.69) is 5.32 Å². The van der Waals surface area contributed by atoms with Gasteiger partial charge in [-0.05, 0) is 31.4 Å². The van der Waals surface area contributed by atoms with Crippen LogP contribution in [0, 0.1) is 0 Å². The smallest absolute Gasteiger partial charge is 0.282 e. The summed E-state index contributed by atoms with van der Waals surface area (Å²) >= 11 is 6.20. The van der Waals surface area contributed by atoms with Gasteiger partial charge < -0.3 is 5.32 Å². The Hall–Kier alpha value is -1.19. The predicted molar refractivity (Wildman–Crippen MR) is 115 cm³/mol. The van der Waals surface area contributed by atoms with Gasteiger partial charge in [-0.25, -0.2) is 0 Å². The van der Waals surface area contributed by atoms with Gasteiger partial charge in [-0.2, -0.15) is 17.0 Å². The normalized spacial score (nSPS) is 21.4. The second-order valence-corrected chi connectivity index (χ2v) is 10.1. The van der Waals surface area contributed by atoms with Crippen LogP contribution < -0.4 is 5.32 Å². The molecular weight excluding hydrogens is 412 g/mol. The Morgan fingerprint density at radius 1 is 1.00 bits per heavy atom. The summed E-state index contributed by atoms with van der Waals surface area (Å²) in [7, 11) is -3.40. The number of nitrogens with zero attached hydrogens (tertiary/aromatic N) is 3. The molecule has 0 saturated carbocycles. The molecule has 1 amide bonds. The molecule has 0 bridgehead atoms. The van der Waals surface area contributed by atoms with Crippen molar-refractivity contribution in [3.05, 3.63) is 34.9 Å². The molecule has 9 heteroatoms. The first-order valence-electron chi connectivity index (χ1n) is 10.4. The van der Waals surface area contributed by atoms with Gasteiger partial charge in [0.25, 0.3) is 10.2 Å². The molecule has 7 nitrogen and oxygen atoms in total. The number of hydrogen-bond acceptors (Lipinski definition) is 4. The lowest BCUT2D eigenvalue weighted by molar-refractivity contribution is -0.123. The summed E-state index contributed by atoms with van der Waals surface area (Å²) in [4.78, 5) is 14.4. The molecule has 1 N–H and O–H groups in total. The summed E-state index contributed by atoms with van der Waals surface area (Å²) in [6.45, 7) is 5.35. The van der Waals surface area contributed by atoms with Gasteiger partial charge in [-0.1, -0.05) is 42.6 Å². The minimum atomic E-state index is -3.40. The van der Waals surface area contributed by atoms with Crippen LogP contribution in [0.2, 0.25) is 5.02 Å². The summed E-state index contributed by atoms with van der Waals surface area (Å²) in [5.74, 6) is -0.0822. The Bertz CT molecular complexity index is 789. The lowest BCUT2D eigenvalue weighted by Crippen LogP contribution is -2.54. The molecule has 0 aliphatic carbocycles. The van der Waals surface area contributed by atoms with Crippen molar-refractivity contribution in [2.45, 2.75) is 38.6 Å². The maximum absolute atomic E-state index is 12.9.